The fraction of sp³-hybridized carbons (Fsp3) is 0.417. The predicted octanol–water partition coefficient (Wildman–Crippen LogP) is 4.21. The van der Waals surface area contributed by atoms with Crippen molar-refractivity contribution in [3.8, 4) is 11.5 Å². The highest BCUT2D eigenvalue weighted by Crippen LogP contribution is 2.28. The summed E-state index contributed by atoms with van der Waals surface area (Å²) in [4.78, 5) is 24.4. The Morgan fingerprint density at radius 3 is 2.35 bits per heavy atom. The van der Waals surface area contributed by atoms with E-state index in [2.05, 4.69) is 10.6 Å². The molecular formula is C24H32N2O4S. The number of anilines is 1. The Balaban J connectivity index is 1.74. The summed E-state index contributed by atoms with van der Waals surface area (Å²) in [5.74, 6) is 1.47. The van der Waals surface area contributed by atoms with Gasteiger partial charge < -0.3 is 20.1 Å². The lowest BCUT2D eigenvalue weighted by atomic mass is 10.1. The van der Waals surface area contributed by atoms with Gasteiger partial charge in [0.25, 0.3) is 0 Å². The minimum absolute atomic E-state index is 0.0795. The number of hydrogen-bond donors (Lipinski definition) is 2. The van der Waals surface area contributed by atoms with Gasteiger partial charge in [-0.3, -0.25) is 9.59 Å². The fourth-order valence-corrected chi connectivity index (χ4v) is 3.54. The molecule has 0 bridgehead atoms. The van der Waals surface area contributed by atoms with Gasteiger partial charge in [0.05, 0.1) is 24.2 Å². The molecule has 0 aliphatic heterocycles. The lowest BCUT2D eigenvalue weighted by molar-refractivity contribution is -0.120. The Morgan fingerprint density at radius 2 is 1.68 bits per heavy atom. The first-order valence-electron chi connectivity index (χ1n) is 10.6. The number of hydrogen-bond acceptors (Lipinski definition) is 5. The zero-order valence-corrected chi connectivity index (χ0v) is 19.5. The van der Waals surface area contributed by atoms with Crippen LogP contribution in [0.5, 0.6) is 11.5 Å². The van der Waals surface area contributed by atoms with Crippen molar-refractivity contribution in [2.75, 3.05) is 30.8 Å². The maximum Gasteiger partial charge on any atom is 0.234 e. The maximum absolute atomic E-state index is 12.3. The molecular weight excluding hydrogens is 412 g/mol. The molecule has 0 spiro atoms. The largest absolute Gasteiger partial charge is 0.490 e. The van der Waals surface area contributed by atoms with Crippen molar-refractivity contribution in [2.24, 2.45) is 0 Å². The summed E-state index contributed by atoms with van der Waals surface area (Å²) in [5, 5.41) is 5.47. The first-order valence-corrected chi connectivity index (χ1v) is 11.6. The zero-order chi connectivity index (χ0) is 22.6. The molecule has 0 radical (unpaired) electrons. The Morgan fingerprint density at radius 1 is 1.00 bits per heavy atom. The average Bonchev–Trinajstić information content (AvgIpc) is 2.75. The van der Waals surface area contributed by atoms with Gasteiger partial charge in [-0.05, 0) is 63.9 Å². The van der Waals surface area contributed by atoms with Crippen LogP contribution in [0.1, 0.15) is 31.9 Å². The topological polar surface area (TPSA) is 76.7 Å². The standard InChI is InChI=1S/C24H32N2O4S/c1-5-29-21-12-9-19(15-22(21)30-6-2)13-14-25-24(28)18(4)31-16-23(27)26-20-10-7-17(3)8-11-20/h7-12,15,18H,5-6,13-14,16H2,1-4H3,(H,25,28)(H,26,27). The van der Waals surface area contributed by atoms with Crippen molar-refractivity contribution in [1.82, 2.24) is 5.32 Å². The number of carbonyl (C=O) groups excluding carboxylic acids is 2. The SMILES string of the molecule is CCOc1ccc(CCNC(=O)C(C)SCC(=O)Nc2ccc(C)cc2)cc1OCC. The van der Waals surface area contributed by atoms with Gasteiger partial charge in [-0.25, -0.2) is 0 Å². The van der Waals surface area contributed by atoms with E-state index in [1.165, 1.54) is 11.8 Å². The van der Waals surface area contributed by atoms with E-state index >= 15 is 0 Å². The van der Waals surface area contributed by atoms with Gasteiger partial charge in [-0.1, -0.05) is 23.8 Å². The van der Waals surface area contributed by atoms with Crippen LogP contribution >= 0.6 is 11.8 Å². The number of amides is 2. The number of carbonyl (C=O) groups is 2. The van der Waals surface area contributed by atoms with Crippen molar-refractivity contribution >= 4 is 29.3 Å². The summed E-state index contributed by atoms with van der Waals surface area (Å²) < 4.78 is 11.2. The van der Waals surface area contributed by atoms with E-state index in [9.17, 15) is 9.59 Å². The number of aryl methyl sites for hydroxylation is 1. The van der Waals surface area contributed by atoms with Crippen LogP contribution in [0.15, 0.2) is 42.5 Å². The fourth-order valence-electron chi connectivity index (χ4n) is 2.84. The van der Waals surface area contributed by atoms with Crippen LogP contribution < -0.4 is 20.1 Å². The third-order valence-corrected chi connectivity index (χ3v) is 5.63. The second kappa shape index (κ2) is 12.9. The Kier molecular flexibility index (Phi) is 10.2. The third kappa shape index (κ3) is 8.53. The van der Waals surface area contributed by atoms with Crippen LogP contribution in [0.25, 0.3) is 0 Å². The number of rotatable bonds is 12. The molecule has 6 nitrogen and oxygen atoms in total. The van der Waals surface area contributed by atoms with Crippen molar-refractivity contribution in [1.29, 1.82) is 0 Å². The second-order valence-electron chi connectivity index (χ2n) is 7.06. The molecule has 1 unspecified atom stereocenters. The Bertz CT molecular complexity index is 855. The molecule has 0 saturated heterocycles. The molecule has 7 heteroatoms. The normalized spacial score (nSPS) is 11.5. The molecule has 0 saturated carbocycles. The molecule has 2 aromatic carbocycles. The number of benzene rings is 2. The van der Waals surface area contributed by atoms with Crippen LogP contribution in [-0.2, 0) is 16.0 Å². The van der Waals surface area contributed by atoms with E-state index in [0.29, 0.717) is 26.2 Å². The van der Waals surface area contributed by atoms with E-state index in [4.69, 9.17) is 9.47 Å². The highest BCUT2D eigenvalue weighted by atomic mass is 32.2. The third-order valence-electron chi connectivity index (χ3n) is 4.49. The van der Waals surface area contributed by atoms with Crippen molar-refractivity contribution in [3.63, 3.8) is 0 Å². The number of thioether (sulfide) groups is 1. The highest BCUT2D eigenvalue weighted by molar-refractivity contribution is 8.01. The van der Waals surface area contributed by atoms with Crippen LogP contribution in [0.2, 0.25) is 0 Å². The summed E-state index contributed by atoms with van der Waals surface area (Å²) >= 11 is 1.32. The summed E-state index contributed by atoms with van der Waals surface area (Å²) in [6.45, 7) is 9.32. The second-order valence-corrected chi connectivity index (χ2v) is 8.38. The number of nitrogens with one attached hydrogen (secondary N) is 2. The van der Waals surface area contributed by atoms with Gasteiger partial charge in [-0.2, -0.15) is 0 Å². The highest BCUT2D eigenvalue weighted by Gasteiger charge is 2.15. The summed E-state index contributed by atoms with van der Waals surface area (Å²) in [5.41, 5.74) is 2.96. The summed E-state index contributed by atoms with van der Waals surface area (Å²) in [6.07, 6.45) is 0.684. The van der Waals surface area contributed by atoms with E-state index in [1.54, 1.807) is 0 Å². The molecule has 2 N–H and O–H groups in total. The van der Waals surface area contributed by atoms with Crippen molar-refractivity contribution in [3.05, 3.63) is 53.6 Å². The zero-order valence-electron chi connectivity index (χ0n) is 18.7. The average molecular weight is 445 g/mol. The molecule has 0 heterocycles. The van der Waals surface area contributed by atoms with Crippen molar-refractivity contribution < 1.29 is 19.1 Å². The Labute approximate surface area is 189 Å². The minimum Gasteiger partial charge on any atom is -0.490 e. The van der Waals surface area contributed by atoms with Crippen LogP contribution in [-0.4, -0.2) is 42.6 Å². The van der Waals surface area contributed by atoms with Gasteiger partial charge in [0.2, 0.25) is 11.8 Å². The van der Waals surface area contributed by atoms with Gasteiger partial charge >= 0.3 is 0 Å². The maximum atomic E-state index is 12.3. The Hall–Kier alpha value is -2.67. The van der Waals surface area contributed by atoms with Crippen LogP contribution in [0.3, 0.4) is 0 Å². The quantitative estimate of drug-likeness (QED) is 0.513. The first kappa shape index (κ1) is 24.6. The lowest BCUT2D eigenvalue weighted by Gasteiger charge is -2.14. The summed E-state index contributed by atoms with van der Waals surface area (Å²) in [7, 11) is 0. The molecule has 1 atom stereocenters. The van der Waals surface area contributed by atoms with Gasteiger partial charge in [0, 0.05) is 12.2 Å². The van der Waals surface area contributed by atoms with E-state index in [-0.39, 0.29) is 22.8 Å². The van der Waals surface area contributed by atoms with Gasteiger partial charge in [0.15, 0.2) is 11.5 Å². The molecule has 0 aliphatic carbocycles. The summed E-state index contributed by atoms with van der Waals surface area (Å²) in [6, 6.07) is 13.5. The molecule has 31 heavy (non-hydrogen) atoms. The molecule has 168 valence electrons. The minimum atomic E-state index is -0.317. The van der Waals surface area contributed by atoms with E-state index < -0.39 is 0 Å². The molecule has 0 fully saturated rings. The van der Waals surface area contributed by atoms with Gasteiger partial charge in [0.1, 0.15) is 0 Å². The van der Waals surface area contributed by atoms with E-state index in [1.807, 2.05) is 70.2 Å². The first-order chi connectivity index (χ1) is 14.9. The van der Waals surface area contributed by atoms with Crippen LogP contribution in [0, 0.1) is 6.92 Å². The molecule has 2 rings (SSSR count). The predicted molar refractivity (Wildman–Crippen MR) is 127 cm³/mol. The van der Waals surface area contributed by atoms with E-state index in [0.717, 1.165) is 28.3 Å². The van der Waals surface area contributed by atoms with Crippen molar-refractivity contribution in [2.45, 2.75) is 39.4 Å². The lowest BCUT2D eigenvalue weighted by Crippen LogP contribution is -2.33. The van der Waals surface area contributed by atoms with Gasteiger partial charge in [-0.15, -0.1) is 11.8 Å². The molecule has 0 aromatic heterocycles. The smallest absolute Gasteiger partial charge is 0.234 e. The molecule has 0 aliphatic rings. The molecule has 2 aromatic rings. The molecule has 2 amide bonds. The van der Waals surface area contributed by atoms with Crippen LogP contribution in [0.4, 0.5) is 5.69 Å². The number of ether oxygens (including phenoxy) is 2. The monoisotopic (exact) mass is 444 g/mol.